The molecule has 3 N–H and O–H groups in total. The molecule has 3 rings (SSSR count). The quantitative estimate of drug-likeness (QED) is 0.855. The van der Waals surface area contributed by atoms with Gasteiger partial charge in [0, 0.05) is 36.9 Å². The van der Waals surface area contributed by atoms with Crippen LogP contribution >= 0.6 is 11.6 Å². The van der Waals surface area contributed by atoms with Crippen LogP contribution in [0.15, 0.2) is 24.3 Å². The van der Waals surface area contributed by atoms with Gasteiger partial charge in [0.2, 0.25) is 11.9 Å². The minimum Gasteiger partial charge on any atom is -0.368 e. The van der Waals surface area contributed by atoms with Crippen molar-refractivity contribution >= 4 is 29.2 Å². The minimum atomic E-state index is 0.226. The summed E-state index contributed by atoms with van der Waals surface area (Å²) in [5.74, 6) is 1.36. The van der Waals surface area contributed by atoms with Gasteiger partial charge in [-0.2, -0.15) is 15.0 Å². The molecule has 1 saturated heterocycles. The summed E-state index contributed by atoms with van der Waals surface area (Å²) >= 11 is 5.90. The summed E-state index contributed by atoms with van der Waals surface area (Å²) in [7, 11) is 0. The second-order valence-corrected chi connectivity index (χ2v) is 6.21. The lowest BCUT2D eigenvalue weighted by Crippen LogP contribution is -2.45. The average Bonchev–Trinajstić information content (AvgIpc) is 2.57. The normalized spacial score (nSPS) is 16.2. The standard InChI is InChI=1S/C16H22ClN7/c1-2-23-7-9-24(10-8-23)11-14-20-15(18)22-16(21-14)19-13-5-3-12(17)4-6-13/h3-6H,2,7-11H2,1H3,(H3,18,19,20,21,22). The maximum atomic E-state index is 5.90. The van der Waals surface area contributed by atoms with Gasteiger partial charge < -0.3 is 16.0 Å². The van der Waals surface area contributed by atoms with Crippen LogP contribution in [0.1, 0.15) is 12.7 Å². The molecule has 128 valence electrons. The summed E-state index contributed by atoms with van der Waals surface area (Å²) in [5, 5.41) is 3.82. The van der Waals surface area contributed by atoms with Crippen LogP contribution in [0.25, 0.3) is 0 Å². The third-order valence-electron chi connectivity index (χ3n) is 4.08. The van der Waals surface area contributed by atoms with E-state index in [-0.39, 0.29) is 5.95 Å². The van der Waals surface area contributed by atoms with Crippen molar-refractivity contribution in [3.8, 4) is 0 Å². The molecule has 24 heavy (non-hydrogen) atoms. The number of nitrogen functional groups attached to an aromatic ring is 1. The molecule has 1 aromatic carbocycles. The fourth-order valence-electron chi connectivity index (χ4n) is 2.69. The largest absolute Gasteiger partial charge is 0.368 e. The van der Waals surface area contributed by atoms with E-state index in [1.165, 1.54) is 0 Å². The highest BCUT2D eigenvalue weighted by Gasteiger charge is 2.17. The van der Waals surface area contributed by atoms with Crippen LogP contribution in [0.5, 0.6) is 0 Å². The number of nitrogens with two attached hydrogens (primary N) is 1. The number of piperazine rings is 1. The van der Waals surface area contributed by atoms with Crippen molar-refractivity contribution in [1.82, 2.24) is 24.8 Å². The van der Waals surface area contributed by atoms with Crippen molar-refractivity contribution < 1.29 is 0 Å². The molecule has 1 aliphatic heterocycles. The first kappa shape index (κ1) is 16.9. The molecule has 7 nitrogen and oxygen atoms in total. The maximum absolute atomic E-state index is 5.90. The second kappa shape index (κ2) is 7.74. The molecule has 1 fully saturated rings. The van der Waals surface area contributed by atoms with E-state index in [2.05, 4.69) is 37.0 Å². The van der Waals surface area contributed by atoms with E-state index in [1.54, 1.807) is 0 Å². The number of rotatable bonds is 5. The zero-order valence-electron chi connectivity index (χ0n) is 13.7. The van der Waals surface area contributed by atoms with Crippen molar-refractivity contribution in [2.24, 2.45) is 0 Å². The Morgan fingerprint density at radius 3 is 2.38 bits per heavy atom. The minimum absolute atomic E-state index is 0.226. The molecule has 1 aliphatic rings. The van der Waals surface area contributed by atoms with Crippen LogP contribution in [0.3, 0.4) is 0 Å². The molecular weight excluding hydrogens is 326 g/mol. The third kappa shape index (κ3) is 4.53. The zero-order valence-corrected chi connectivity index (χ0v) is 14.5. The second-order valence-electron chi connectivity index (χ2n) is 5.78. The van der Waals surface area contributed by atoms with E-state index in [9.17, 15) is 0 Å². The Hall–Kier alpha value is -1.96. The molecule has 1 aromatic heterocycles. The summed E-state index contributed by atoms with van der Waals surface area (Å²) in [6.07, 6.45) is 0. The van der Waals surface area contributed by atoms with Gasteiger partial charge in [0.25, 0.3) is 0 Å². The molecule has 0 unspecified atom stereocenters. The van der Waals surface area contributed by atoms with E-state index in [1.807, 2.05) is 24.3 Å². The van der Waals surface area contributed by atoms with Gasteiger partial charge in [-0.1, -0.05) is 18.5 Å². The molecular formula is C16H22ClN7. The lowest BCUT2D eigenvalue weighted by Gasteiger charge is -2.33. The van der Waals surface area contributed by atoms with Crippen LogP contribution in [0.2, 0.25) is 5.02 Å². The first-order valence-electron chi connectivity index (χ1n) is 8.10. The van der Waals surface area contributed by atoms with Crippen molar-refractivity contribution in [2.75, 3.05) is 43.8 Å². The fraction of sp³-hybridized carbons (Fsp3) is 0.438. The van der Waals surface area contributed by atoms with Crippen molar-refractivity contribution in [2.45, 2.75) is 13.5 Å². The zero-order chi connectivity index (χ0) is 16.9. The smallest absolute Gasteiger partial charge is 0.232 e. The van der Waals surface area contributed by atoms with Crippen LogP contribution in [0, 0.1) is 0 Å². The maximum Gasteiger partial charge on any atom is 0.232 e. The van der Waals surface area contributed by atoms with Crippen LogP contribution in [-0.4, -0.2) is 57.5 Å². The van der Waals surface area contributed by atoms with Crippen molar-refractivity contribution in [3.63, 3.8) is 0 Å². The Kier molecular flexibility index (Phi) is 5.44. The van der Waals surface area contributed by atoms with E-state index < -0.39 is 0 Å². The molecule has 0 saturated carbocycles. The summed E-state index contributed by atoms with van der Waals surface area (Å²) in [5.41, 5.74) is 6.69. The number of likely N-dealkylation sites (N-methyl/N-ethyl adjacent to an activating group) is 1. The molecule has 0 atom stereocenters. The predicted octanol–water partition coefficient (Wildman–Crippen LogP) is 1.99. The highest BCUT2D eigenvalue weighted by atomic mass is 35.5. The number of nitrogens with zero attached hydrogens (tertiary/aromatic N) is 5. The monoisotopic (exact) mass is 347 g/mol. The van der Waals surface area contributed by atoms with Gasteiger partial charge in [-0.05, 0) is 30.8 Å². The third-order valence-corrected chi connectivity index (χ3v) is 4.33. The van der Waals surface area contributed by atoms with Crippen LogP contribution in [0.4, 0.5) is 17.6 Å². The van der Waals surface area contributed by atoms with Crippen LogP contribution < -0.4 is 11.1 Å². The van der Waals surface area contributed by atoms with Crippen molar-refractivity contribution in [3.05, 3.63) is 35.1 Å². The van der Waals surface area contributed by atoms with Gasteiger partial charge in [-0.25, -0.2) is 0 Å². The Morgan fingerprint density at radius 1 is 1.04 bits per heavy atom. The Bertz CT molecular complexity index is 669. The number of anilines is 3. The topological polar surface area (TPSA) is 83.2 Å². The predicted molar refractivity (Wildman–Crippen MR) is 96.4 cm³/mol. The van der Waals surface area contributed by atoms with Gasteiger partial charge in [0.1, 0.15) is 5.82 Å². The Morgan fingerprint density at radius 2 is 1.71 bits per heavy atom. The summed E-state index contributed by atoms with van der Waals surface area (Å²) in [4.78, 5) is 17.7. The van der Waals surface area contributed by atoms with E-state index in [0.29, 0.717) is 23.3 Å². The first-order chi connectivity index (χ1) is 11.6. The highest BCUT2D eigenvalue weighted by Crippen LogP contribution is 2.17. The van der Waals surface area contributed by atoms with Gasteiger partial charge in [-0.15, -0.1) is 0 Å². The lowest BCUT2D eigenvalue weighted by atomic mass is 10.3. The molecule has 0 radical (unpaired) electrons. The molecule has 2 aromatic rings. The number of hydrogen-bond acceptors (Lipinski definition) is 7. The molecule has 0 amide bonds. The first-order valence-corrected chi connectivity index (χ1v) is 8.48. The van der Waals surface area contributed by atoms with Gasteiger partial charge in [0.05, 0.1) is 6.54 Å². The number of nitrogens with one attached hydrogen (secondary N) is 1. The Balaban J connectivity index is 1.66. The lowest BCUT2D eigenvalue weighted by molar-refractivity contribution is 0.129. The van der Waals surface area contributed by atoms with E-state index >= 15 is 0 Å². The summed E-state index contributed by atoms with van der Waals surface area (Å²) in [6, 6.07) is 7.35. The molecule has 0 aliphatic carbocycles. The van der Waals surface area contributed by atoms with Crippen LogP contribution in [-0.2, 0) is 6.54 Å². The van der Waals surface area contributed by atoms with Gasteiger partial charge >= 0.3 is 0 Å². The number of hydrogen-bond donors (Lipinski definition) is 2. The van der Waals surface area contributed by atoms with Gasteiger partial charge in [0.15, 0.2) is 0 Å². The SMILES string of the molecule is CCN1CCN(Cc2nc(N)nc(Nc3ccc(Cl)cc3)n2)CC1. The molecule has 8 heteroatoms. The summed E-state index contributed by atoms with van der Waals surface area (Å²) < 4.78 is 0. The number of halogens is 1. The number of aromatic nitrogens is 3. The molecule has 0 bridgehead atoms. The fourth-order valence-corrected chi connectivity index (χ4v) is 2.82. The van der Waals surface area contributed by atoms with E-state index in [0.717, 1.165) is 38.4 Å². The molecule has 2 heterocycles. The number of benzene rings is 1. The summed E-state index contributed by atoms with van der Waals surface area (Å²) in [6.45, 7) is 8.15. The highest BCUT2D eigenvalue weighted by molar-refractivity contribution is 6.30. The van der Waals surface area contributed by atoms with Gasteiger partial charge in [-0.3, -0.25) is 4.90 Å². The average molecular weight is 348 g/mol. The van der Waals surface area contributed by atoms with Crippen molar-refractivity contribution in [1.29, 1.82) is 0 Å². The Labute approximate surface area is 146 Å². The molecule has 0 spiro atoms. The van der Waals surface area contributed by atoms with E-state index in [4.69, 9.17) is 17.3 Å².